The lowest BCUT2D eigenvalue weighted by Crippen LogP contribution is -2.28. The van der Waals surface area contributed by atoms with E-state index in [1.54, 1.807) is 16.7 Å². The number of rotatable bonds is 5. The Morgan fingerprint density at radius 3 is 2.61 bits per heavy atom. The number of nitrogens with zero attached hydrogens (tertiary/aromatic N) is 4. The number of aromatic nitrogens is 3. The maximum atomic E-state index is 13.1. The average Bonchev–Trinajstić information content (AvgIpc) is 3.26. The van der Waals surface area contributed by atoms with Crippen molar-refractivity contribution in [3.8, 4) is 0 Å². The lowest BCUT2D eigenvalue weighted by Gasteiger charge is -2.22. The van der Waals surface area contributed by atoms with Crippen LogP contribution in [0.5, 0.6) is 0 Å². The summed E-state index contributed by atoms with van der Waals surface area (Å²) in [6.45, 7) is 7.40. The second-order valence-corrected chi connectivity index (χ2v) is 8.31. The zero-order valence-corrected chi connectivity index (χ0v) is 18.4. The van der Waals surface area contributed by atoms with Gasteiger partial charge in [-0.05, 0) is 57.4 Å². The Labute approximate surface area is 184 Å². The Morgan fingerprint density at radius 1 is 1.23 bits per heavy atom. The largest absolute Gasteiger partial charge is 0.476 e. The maximum Gasteiger partial charge on any atom is 0.356 e. The number of pyridine rings is 2. The molecule has 31 heavy (non-hydrogen) atoms. The summed E-state index contributed by atoms with van der Waals surface area (Å²) in [6.07, 6.45) is 3.95. The molecule has 8 nitrogen and oxygen atoms in total. The molecule has 1 aliphatic rings. The van der Waals surface area contributed by atoms with E-state index >= 15 is 0 Å². The molecule has 9 heteroatoms. The number of carbonyl (C=O) groups is 1. The summed E-state index contributed by atoms with van der Waals surface area (Å²) >= 11 is 5.87. The van der Waals surface area contributed by atoms with Gasteiger partial charge in [0.15, 0.2) is 5.69 Å². The highest BCUT2D eigenvalue weighted by Crippen LogP contribution is 2.28. The number of nitrogens with one attached hydrogen (secondary N) is 1. The molecule has 162 valence electrons. The molecular weight excluding hydrogens is 418 g/mol. The molecule has 0 saturated carbocycles. The fraction of sp³-hybridized carbons (Fsp3) is 0.364. The van der Waals surface area contributed by atoms with Crippen LogP contribution in [-0.2, 0) is 0 Å². The molecule has 3 aromatic rings. The van der Waals surface area contributed by atoms with Crippen LogP contribution < -0.4 is 15.8 Å². The third-order valence-corrected chi connectivity index (χ3v) is 5.81. The molecule has 4 heterocycles. The number of aromatic carboxylic acids is 1. The van der Waals surface area contributed by atoms with Crippen molar-refractivity contribution < 1.29 is 9.90 Å². The lowest BCUT2D eigenvalue weighted by atomic mass is 10.1. The Kier molecular flexibility index (Phi) is 5.58. The molecule has 4 rings (SSSR count). The highest BCUT2D eigenvalue weighted by Gasteiger charge is 2.22. The number of carboxylic acids is 1. The van der Waals surface area contributed by atoms with Crippen molar-refractivity contribution in [1.82, 2.24) is 14.4 Å². The van der Waals surface area contributed by atoms with Crippen molar-refractivity contribution in [2.75, 3.05) is 23.3 Å². The second-order valence-electron chi connectivity index (χ2n) is 7.93. The first-order chi connectivity index (χ1) is 14.8. The molecule has 1 atom stereocenters. The van der Waals surface area contributed by atoms with Gasteiger partial charge in [0.2, 0.25) is 0 Å². The van der Waals surface area contributed by atoms with Crippen molar-refractivity contribution in [2.45, 2.75) is 39.7 Å². The van der Waals surface area contributed by atoms with Gasteiger partial charge in [0.05, 0.1) is 17.3 Å². The number of hydrogen-bond donors (Lipinski definition) is 2. The quantitative estimate of drug-likeness (QED) is 0.580. The zero-order chi connectivity index (χ0) is 22.3. The lowest BCUT2D eigenvalue weighted by molar-refractivity contribution is 0.0691. The fourth-order valence-corrected chi connectivity index (χ4v) is 4.21. The van der Waals surface area contributed by atoms with E-state index in [4.69, 9.17) is 16.6 Å². The first kappa shape index (κ1) is 21.1. The first-order valence-corrected chi connectivity index (χ1v) is 10.6. The van der Waals surface area contributed by atoms with Crippen LogP contribution in [0.3, 0.4) is 0 Å². The highest BCUT2D eigenvalue weighted by molar-refractivity contribution is 6.29. The van der Waals surface area contributed by atoms with E-state index in [0.717, 1.165) is 42.9 Å². The van der Waals surface area contributed by atoms with Crippen LogP contribution in [0.15, 0.2) is 29.2 Å². The van der Waals surface area contributed by atoms with E-state index in [1.807, 2.05) is 26.8 Å². The summed E-state index contributed by atoms with van der Waals surface area (Å²) in [4.78, 5) is 35.7. The predicted molar refractivity (Wildman–Crippen MR) is 121 cm³/mol. The van der Waals surface area contributed by atoms with E-state index in [1.165, 1.54) is 6.07 Å². The average molecular weight is 442 g/mol. The number of carboxylic acid groups (broad SMARTS) is 1. The van der Waals surface area contributed by atoms with Gasteiger partial charge in [-0.2, -0.15) is 0 Å². The summed E-state index contributed by atoms with van der Waals surface area (Å²) in [5.74, 6) is -0.452. The first-order valence-electron chi connectivity index (χ1n) is 10.2. The number of anilines is 2. The third kappa shape index (κ3) is 3.95. The molecule has 0 radical (unpaired) electrons. The molecule has 0 amide bonds. The van der Waals surface area contributed by atoms with Crippen LogP contribution in [-0.4, -0.2) is 38.5 Å². The molecular formula is C22H24ClN5O3. The third-order valence-electron chi connectivity index (χ3n) is 5.60. The smallest absolute Gasteiger partial charge is 0.356 e. The minimum atomic E-state index is -1.17. The summed E-state index contributed by atoms with van der Waals surface area (Å²) in [5, 5.41) is 12.8. The van der Waals surface area contributed by atoms with Gasteiger partial charge in [-0.3, -0.25) is 9.20 Å². The van der Waals surface area contributed by atoms with E-state index in [0.29, 0.717) is 16.9 Å². The topological polar surface area (TPSA) is 99.8 Å². The number of fused-ring (bicyclic) bond motifs is 1. The van der Waals surface area contributed by atoms with Gasteiger partial charge in [-0.15, -0.1) is 0 Å². The van der Waals surface area contributed by atoms with Crippen LogP contribution in [0.4, 0.5) is 11.5 Å². The summed E-state index contributed by atoms with van der Waals surface area (Å²) in [7, 11) is 0. The van der Waals surface area contributed by atoms with Gasteiger partial charge in [-0.25, -0.2) is 14.8 Å². The van der Waals surface area contributed by atoms with Crippen molar-refractivity contribution in [2.24, 2.45) is 0 Å². The fourth-order valence-electron chi connectivity index (χ4n) is 4.07. The van der Waals surface area contributed by atoms with E-state index < -0.39 is 5.97 Å². The Bertz CT molecular complexity index is 1230. The van der Waals surface area contributed by atoms with Crippen molar-refractivity contribution in [1.29, 1.82) is 0 Å². The van der Waals surface area contributed by atoms with Crippen molar-refractivity contribution in [3.05, 3.63) is 62.3 Å². The predicted octanol–water partition coefficient (Wildman–Crippen LogP) is 3.83. The second kappa shape index (κ2) is 8.19. The highest BCUT2D eigenvalue weighted by atomic mass is 35.5. The van der Waals surface area contributed by atoms with Gasteiger partial charge in [0.1, 0.15) is 16.6 Å². The maximum absolute atomic E-state index is 13.1. The zero-order valence-electron chi connectivity index (χ0n) is 17.6. The molecule has 0 unspecified atom stereocenters. The number of aryl methyl sites for hydroxylation is 1. The summed E-state index contributed by atoms with van der Waals surface area (Å²) in [5.41, 5.74) is 2.98. The molecule has 1 aliphatic heterocycles. The minimum Gasteiger partial charge on any atom is -0.476 e. The number of hydrogen-bond acceptors (Lipinski definition) is 6. The van der Waals surface area contributed by atoms with Crippen molar-refractivity contribution in [3.63, 3.8) is 0 Å². The van der Waals surface area contributed by atoms with Crippen LogP contribution in [0.1, 0.15) is 53.0 Å². The molecule has 1 saturated heterocycles. The Balaban J connectivity index is 1.83. The van der Waals surface area contributed by atoms with Crippen LogP contribution in [0.25, 0.3) is 5.65 Å². The van der Waals surface area contributed by atoms with Crippen molar-refractivity contribution >= 4 is 34.7 Å². The SMILES string of the molecule is Cc1cc([C@@H](C)Nc2ccc(Cl)nc2C(=O)O)c2nc(N3CCCC3)c(C)c(=O)n2c1. The summed E-state index contributed by atoms with van der Waals surface area (Å²) < 4.78 is 1.58. The normalized spacial score (nSPS) is 14.8. The van der Waals surface area contributed by atoms with Gasteiger partial charge in [0, 0.05) is 24.8 Å². The standard InChI is InChI=1S/C22H24ClN5O3/c1-12-10-15(14(3)24-16-6-7-17(23)25-18(16)22(30)31)20-26-19(27-8-4-5-9-27)13(2)21(29)28(20)11-12/h6-7,10-11,14,24H,4-5,8-9H2,1-3H3,(H,30,31)/t14-/m1/s1. The van der Waals surface area contributed by atoms with Crippen LogP contribution in [0, 0.1) is 13.8 Å². The van der Waals surface area contributed by atoms with Crippen LogP contribution in [0.2, 0.25) is 5.15 Å². The number of halogens is 1. The van der Waals surface area contributed by atoms with E-state index in [2.05, 4.69) is 15.2 Å². The van der Waals surface area contributed by atoms with Gasteiger partial charge < -0.3 is 15.3 Å². The molecule has 1 fully saturated rings. The molecule has 0 aromatic carbocycles. The van der Waals surface area contributed by atoms with Gasteiger partial charge in [0.25, 0.3) is 5.56 Å². The molecule has 0 aliphatic carbocycles. The summed E-state index contributed by atoms with van der Waals surface area (Å²) in [6, 6.07) is 4.76. The molecule has 2 N–H and O–H groups in total. The minimum absolute atomic E-state index is 0.0940. The van der Waals surface area contributed by atoms with E-state index in [9.17, 15) is 14.7 Å². The van der Waals surface area contributed by atoms with E-state index in [-0.39, 0.29) is 22.4 Å². The Hall–Kier alpha value is -3.13. The monoisotopic (exact) mass is 441 g/mol. The molecule has 0 bridgehead atoms. The van der Waals surface area contributed by atoms with Crippen LogP contribution >= 0.6 is 11.6 Å². The molecule has 0 spiro atoms. The van der Waals surface area contributed by atoms with Gasteiger partial charge in [-0.1, -0.05) is 11.6 Å². The Morgan fingerprint density at radius 2 is 1.94 bits per heavy atom. The molecule has 3 aromatic heterocycles. The van der Waals surface area contributed by atoms with Gasteiger partial charge >= 0.3 is 5.97 Å².